The van der Waals surface area contributed by atoms with E-state index < -0.39 is 0 Å². The van der Waals surface area contributed by atoms with Crippen LogP contribution in [-0.4, -0.2) is 25.3 Å². The minimum absolute atomic E-state index is 0.0555. The van der Waals surface area contributed by atoms with Gasteiger partial charge in [0.1, 0.15) is 0 Å². The normalized spacial score (nSPS) is 26.8. The molecule has 1 rings (SSSR count). The molecule has 1 saturated carbocycles. The lowest BCUT2D eigenvalue weighted by Gasteiger charge is -2.27. The van der Waals surface area contributed by atoms with E-state index in [4.69, 9.17) is 4.74 Å². The summed E-state index contributed by atoms with van der Waals surface area (Å²) in [5, 5.41) is 3.63. The molecule has 0 spiro atoms. The number of ether oxygens (including phenoxy) is 1. The first kappa shape index (κ1) is 15.0. The fourth-order valence-electron chi connectivity index (χ4n) is 2.85. The summed E-state index contributed by atoms with van der Waals surface area (Å²) in [6.07, 6.45) is 9.49. The monoisotopic (exact) mass is 241 g/mol. The summed E-state index contributed by atoms with van der Waals surface area (Å²) in [6, 6.07) is 0.762. The first-order valence-electron chi connectivity index (χ1n) is 7.36. The minimum Gasteiger partial charge on any atom is -0.379 e. The summed E-state index contributed by atoms with van der Waals surface area (Å²) in [5.74, 6) is 0.899. The standard InChI is InChI=1S/C15H31NO/c1-5-16-14-9-7-6-8-13(12-14)10-11-15(2,3)17-4/h13-14,16H,5-12H2,1-4H3. The Balaban J connectivity index is 2.35. The smallest absolute Gasteiger partial charge is 0.0622 e. The van der Waals surface area contributed by atoms with Gasteiger partial charge in [0.05, 0.1) is 5.60 Å². The van der Waals surface area contributed by atoms with Gasteiger partial charge in [-0.2, -0.15) is 0 Å². The average molecular weight is 241 g/mol. The lowest BCUT2D eigenvalue weighted by Crippen LogP contribution is -2.30. The van der Waals surface area contributed by atoms with Crippen molar-refractivity contribution in [2.24, 2.45) is 5.92 Å². The van der Waals surface area contributed by atoms with Crippen LogP contribution in [0.25, 0.3) is 0 Å². The second-order valence-corrected chi connectivity index (χ2v) is 6.14. The molecule has 0 aliphatic heterocycles. The number of hydrogen-bond acceptors (Lipinski definition) is 2. The highest BCUT2D eigenvalue weighted by atomic mass is 16.5. The highest BCUT2D eigenvalue weighted by Crippen LogP contribution is 2.29. The number of nitrogens with one attached hydrogen (secondary N) is 1. The van der Waals surface area contributed by atoms with Crippen LogP contribution in [0.5, 0.6) is 0 Å². The van der Waals surface area contributed by atoms with Crippen LogP contribution in [0.2, 0.25) is 0 Å². The van der Waals surface area contributed by atoms with Crippen LogP contribution in [-0.2, 0) is 4.74 Å². The van der Waals surface area contributed by atoms with Gasteiger partial charge in [-0.05, 0) is 52.0 Å². The van der Waals surface area contributed by atoms with E-state index in [1.165, 1.54) is 44.9 Å². The van der Waals surface area contributed by atoms with Crippen molar-refractivity contribution in [1.82, 2.24) is 5.32 Å². The van der Waals surface area contributed by atoms with Crippen molar-refractivity contribution in [1.29, 1.82) is 0 Å². The van der Waals surface area contributed by atoms with Crippen LogP contribution in [0, 0.1) is 5.92 Å². The van der Waals surface area contributed by atoms with Crippen molar-refractivity contribution in [2.75, 3.05) is 13.7 Å². The highest BCUT2D eigenvalue weighted by molar-refractivity contribution is 4.78. The third-order valence-corrected chi connectivity index (χ3v) is 4.23. The maximum atomic E-state index is 5.52. The Morgan fingerprint density at radius 2 is 1.94 bits per heavy atom. The van der Waals surface area contributed by atoms with Gasteiger partial charge in [0.15, 0.2) is 0 Å². The number of methoxy groups -OCH3 is 1. The largest absolute Gasteiger partial charge is 0.379 e. The van der Waals surface area contributed by atoms with Crippen LogP contribution in [0.1, 0.15) is 65.7 Å². The molecule has 2 nitrogen and oxygen atoms in total. The van der Waals surface area contributed by atoms with Gasteiger partial charge >= 0.3 is 0 Å². The third-order valence-electron chi connectivity index (χ3n) is 4.23. The summed E-state index contributed by atoms with van der Waals surface area (Å²) in [5.41, 5.74) is 0.0555. The molecule has 2 atom stereocenters. The van der Waals surface area contributed by atoms with E-state index in [1.54, 1.807) is 0 Å². The van der Waals surface area contributed by atoms with E-state index in [9.17, 15) is 0 Å². The van der Waals surface area contributed by atoms with E-state index in [0.29, 0.717) is 0 Å². The van der Waals surface area contributed by atoms with Gasteiger partial charge in [-0.15, -0.1) is 0 Å². The quantitative estimate of drug-likeness (QED) is 0.715. The molecule has 0 aromatic carbocycles. The molecule has 1 aliphatic rings. The molecule has 0 aromatic heterocycles. The van der Waals surface area contributed by atoms with Crippen LogP contribution < -0.4 is 5.32 Å². The Labute approximate surface area is 108 Å². The molecule has 1 N–H and O–H groups in total. The zero-order chi connectivity index (χ0) is 12.7. The van der Waals surface area contributed by atoms with Gasteiger partial charge in [-0.25, -0.2) is 0 Å². The summed E-state index contributed by atoms with van der Waals surface area (Å²) >= 11 is 0. The molecule has 17 heavy (non-hydrogen) atoms. The molecular weight excluding hydrogens is 210 g/mol. The Kier molecular flexibility index (Phi) is 6.50. The lowest BCUT2D eigenvalue weighted by molar-refractivity contribution is 0.00962. The van der Waals surface area contributed by atoms with Gasteiger partial charge in [0.25, 0.3) is 0 Å². The van der Waals surface area contributed by atoms with Crippen molar-refractivity contribution >= 4 is 0 Å². The van der Waals surface area contributed by atoms with Crippen LogP contribution in [0.4, 0.5) is 0 Å². The summed E-state index contributed by atoms with van der Waals surface area (Å²) in [7, 11) is 1.83. The van der Waals surface area contributed by atoms with Crippen molar-refractivity contribution < 1.29 is 4.74 Å². The fourth-order valence-corrected chi connectivity index (χ4v) is 2.85. The van der Waals surface area contributed by atoms with Crippen molar-refractivity contribution in [3.63, 3.8) is 0 Å². The fraction of sp³-hybridized carbons (Fsp3) is 1.00. The molecule has 0 bridgehead atoms. The van der Waals surface area contributed by atoms with Gasteiger partial charge in [-0.3, -0.25) is 0 Å². The molecule has 2 heteroatoms. The van der Waals surface area contributed by atoms with Crippen molar-refractivity contribution in [3.05, 3.63) is 0 Å². The van der Waals surface area contributed by atoms with E-state index >= 15 is 0 Å². The van der Waals surface area contributed by atoms with Crippen LogP contribution >= 0.6 is 0 Å². The van der Waals surface area contributed by atoms with Crippen molar-refractivity contribution in [2.45, 2.75) is 77.4 Å². The third kappa shape index (κ3) is 5.87. The zero-order valence-electron chi connectivity index (χ0n) is 12.2. The van der Waals surface area contributed by atoms with E-state index in [0.717, 1.165) is 18.5 Å². The molecule has 102 valence electrons. The molecule has 1 fully saturated rings. The predicted molar refractivity (Wildman–Crippen MR) is 74.4 cm³/mol. The first-order chi connectivity index (χ1) is 8.07. The van der Waals surface area contributed by atoms with E-state index in [1.807, 2.05) is 7.11 Å². The minimum atomic E-state index is 0.0555. The Hall–Kier alpha value is -0.0800. The topological polar surface area (TPSA) is 21.3 Å². The molecule has 1 aliphatic carbocycles. The first-order valence-corrected chi connectivity index (χ1v) is 7.36. The second-order valence-electron chi connectivity index (χ2n) is 6.14. The van der Waals surface area contributed by atoms with Crippen LogP contribution in [0.3, 0.4) is 0 Å². The molecule has 0 amide bonds. The molecular formula is C15H31NO. The maximum absolute atomic E-state index is 5.52. The SMILES string of the molecule is CCNC1CCCCC(CCC(C)(C)OC)C1. The molecule has 0 saturated heterocycles. The number of rotatable bonds is 6. The van der Waals surface area contributed by atoms with Gasteiger partial charge in [0, 0.05) is 13.2 Å². The Morgan fingerprint density at radius 3 is 2.59 bits per heavy atom. The van der Waals surface area contributed by atoms with Crippen molar-refractivity contribution in [3.8, 4) is 0 Å². The Morgan fingerprint density at radius 1 is 1.24 bits per heavy atom. The van der Waals surface area contributed by atoms with Gasteiger partial charge in [0.2, 0.25) is 0 Å². The zero-order valence-corrected chi connectivity index (χ0v) is 12.2. The van der Waals surface area contributed by atoms with Crippen LogP contribution in [0.15, 0.2) is 0 Å². The summed E-state index contributed by atoms with van der Waals surface area (Å²) < 4.78 is 5.52. The molecule has 2 unspecified atom stereocenters. The van der Waals surface area contributed by atoms with E-state index in [-0.39, 0.29) is 5.60 Å². The summed E-state index contributed by atoms with van der Waals surface area (Å²) in [6.45, 7) is 7.73. The maximum Gasteiger partial charge on any atom is 0.0622 e. The average Bonchev–Trinajstić information content (AvgIpc) is 2.53. The molecule has 0 radical (unpaired) electrons. The second kappa shape index (κ2) is 7.38. The molecule has 0 aromatic rings. The lowest BCUT2D eigenvalue weighted by atomic mass is 9.89. The highest BCUT2D eigenvalue weighted by Gasteiger charge is 2.23. The Bertz CT molecular complexity index is 203. The predicted octanol–water partition coefficient (Wildman–Crippen LogP) is 3.75. The molecule has 0 heterocycles. The van der Waals surface area contributed by atoms with Gasteiger partial charge in [-0.1, -0.05) is 26.2 Å². The van der Waals surface area contributed by atoms with Gasteiger partial charge < -0.3 is 10.1 Å². The van der Waals surface area contributed by atoms with E-state index in [2.05, 4.69) is 26.1 Å². The summed E-state index contributed by atoms with van der Waals surface area (Å²) in [4.78, 5) is 0. The number of hydrogen-bond donors (Lipinski definition) is 1.